The Balaban J connectivity index is 0.943. The topological polar surface area (TPSA) is 90.5 Å². The Morgan fingerprint density at radius 3 is 1.28 bits per heavy atom. The highest BCUT2D eigenvalue weighted by Gasteiger charge is 2.50. The molecule has 2 aliphatic carbocycles. The van der Waals surface area contributed by atoms with E-state index >= 15 is 0 Å². The summed E-state index contributed by atoms with van der Waals surface area (Å²) < 4.78 is 81.0. The average Bonchev–Trinajstić information content (AvgIpc) is 3.83. The lowest BCUT2D eigenvalue weighted by atomic mass is 9.73. The standard InChI is InChI=1S/C59H60F6N4O3/c1-41-29-31-42(32-30-41)43-19-4-5-24-48(43)53(70)66-35-18-38-69(37-17-15-34-57(55(72)68-40-59(63,64)65)51-27-12-8-22-46(51)47-23-9-13-28-52(47)57)36-16-3-2-14-33-56(54(71)67-39-58(60,61)62)49-25-10-6-20-44(49)45-21-7-11-26-50(45)56/h4-13,19-32H,2-3,14-18,33-40H2,1H3,(H,66,70)(H,67,71)(H,68,72). The lowest BCUT2D eigenvalue weighted by Crippen LogP contribution is -2.47. The average molecular weight is 987 g/mol. The number of fused-ring (bicyclic) bond motifs is 6. The zero-order chi connectivity index (χ0) is 50.9. The van der Waals surface area contributed by atoms with Crippen LogP contribution in [0.25, 0.3) is 33.4 Å². The van der Waals surface area contributed by atoms with E-state index in [-0.39, 0.29) is 5.91 Å². The van der Waals surface area contributed by atoms with E-state index in [1.54, 1.807) is 0 Å². The van der Waals surface area contributed by atoms with Crippen LogP contribution in [0.1, 0.15) is 96.0 Å². The molecular weight excluding hydrogens is 927 g/mol. The number of rotatable bonds is 22. The van der Waals surface area contributed by atoms with Crippen LogP contribution in [0.2, 0.25) is 0 Å². The smallest absolute Gasteiger partial charge is 0.352 e. The van der Waals surface area contributed by atoms with Crippen molar-refractivity contribution >= 4 is 17.7 Å². The summed E-state index contributed by atoms with van der Waals surface area (Å²) in [7, 11) is 0. The summed E-state index contributed by atoms with van der Waals surface area (Å²) in [6.07, 6.45) is -3.86. The van der Waals surface area contributed by atoms with Crippen molar-refractivity contribution in [2.75, 3.05) is 39.3 Å². The maximum atomic E-state index is 14.2. The van der Waals surface area contributed by atoms with Gasteiger partial charge in [0.25, 0.3) is 5.91 Å². The molecular formula is C59H60F6N4O3. The van der Waals surface area contributed by atoms with Gasteiger partial charge in [-0.2, -0.15) is 26.3 Å². The quantitative estimate of drug-likeness (QED) is 0.0467. The van der Waals surface area contributed by atoms with Crippen molar-refractivity contribution in [3.8, 4) is 33.4 Å². The molecule has 3 amide bonds. The first-order valence-corrected chi connectivity index (χ1v) is 24.9. The molecule has 8 rings (SSSR count). The fourth-order valence-corrected chi connectivity index (χ4v) is 11.0. The van der Waals surface area contributed by atoms with Crippen LogP contribution >= 0.6 is 0 Å². The molecule has 7 nitrogen and oxygen atoms in total. The fourth-order valence-electron chi connectivity index (χ4n) is 11.0. The molecule has 3 N–H and O–H groups in total. The summed E-state index contributed by atoms with van der Waals surface area (Å²) >= 11 is 0. The van der Waals surface area contributed by atoms with Gasteiger partial charge in [-0.3, -0.25) is 14.4 Å². The Kier molecular flexibility index (Phi) is 16.0. The molecule has 0 spiro atoms. The van der Waals surface area contributed by atoms with Gasteiger partial charge >= 0.3 is 12.4 Å². The maximum absolute atomic E-state index is 14.2. The van der Waals surface area contributed by atoms with Gasteiger partial charge in [-0.05, 0) is 120 Å². The minimum absolute atomic E-state index is 0.179. The number of unbranched alkanes of at least 4 members (excludes halogenated alkanes) is 4. The number of alkyl halides is 6. The number of nitrogens with one attached hydrogen (secondary N) is 3. The second-order valence-corrected chi connectivity index (χ2v) is 19.1. The number of halogens is 6. The van der Waals surface area contributed by atoms with Gasteiger partial charge in [0.15, 0.2) is 0 Å². The van der Waals surface area contributed by atoms with Gasteiger partial charge in [0.1, 0.15) is 23.9 Å². The number of hydrogen-bond acceptors (Lipinski definition) is 4. The van der Waals surface area contributed by atoms with Crippen molar-refractivity contribution in [2.24, 2.45) is 0 Å². The molecule has 0 unspecified atom stereocenters. The Bertz CT molecular complexity index is 2770. The number of carbonyl (C=O) groups is 3. The van der Waals surface area contributed by atoms with E-state index in [2.05, 4.69) is 20.9 Å². The molecule has 376 valence electrons. The summed E-state index contributed by atoms with van der Waals surface area (Å²) in [6, 6.07) is 45.2. The Morgan fingerprint density at radius 2 is 0.819 bits per heavy atom. The Labute approximate surface area is 417 Å². The fraction of sp³-hybridized carbons (Fsp3) is 0.339. The molecule has 0 aromatic heterocycles. The van der Waals surface area contributed by atoms with E-state index in [1.807, 2.05) is 153 Å². The molecule has 0 saturated carbocycles. The molecule has 0 atom stereocenters. The van der Waals surface area contributed by atoms with Gasteiger partial charge < -0.3 is 20.9 Å². The van der Waals surface area contributed by atoms with Crippen LogP contribution in [0.15, 0.2) is 146 Å². The number of aryl methyl sites for hydroxylation is 1. The van der Waals surface area contributed by atoms with Crippen LogP contribution in [0.4, 0.5) is 26.3 Å². The third-order valence-corrected chi connectivity index (χ3v) is 14.3. The zero-order valence-electron chi connectivity index (χ0n) is 40.4. The number of nitrogens with zero attached hydrogens (tertiary/aromatic N) is 1. The molecule has 0 saturated heterocycles. The molecule has 2 aliphatic rings. The van der Waals surface area contributed by atoms with Crippen molar-refractivity contribution in [2.45, 2.75) is 87.9 Å². The maximum Gasteiger partial charge on any atom is 0.405 e. The highest BCUT2D eigenvalue weighted by molar-refractivity contribution is 6.02. The molecule has 72 heavy (non-hydrogen) atoms. The Hall–Kier alpha value is -6.73. The van der Waals surface area contributed by atoms with Gasteiger partial charge in [-0.25, -0.2) is 0 Å². The zero-order valence-corrected chi connectivity index (χ0v) is 40.4. The van der Waals surface area contributed by atoms with Crippen LogP contribution in [-0.4, -0.2) is 74.2 Å². The van der Waals surface area contributed by atoms with Crippen molar-refractivity contribution in [1.29, 1.82) is 0 Å². The van der Waals surface area contributed by atoms with Gasteiger partial charge in [0.2, 0.25) is 11.8 Å². The van der Waals surface area contributed by atoms with E-state index in [4.69, 9.17) is 0 Å². The second kappa shape index (κ2) is 22.4. The number of amides is 3. The summed E-state index contributed by atoms with van der Waals surface area (Å²) in [6.45, 7) is 1.52. The van der Waals surface area contributed by atoms with E-state index in [0.29, 0.717) is 92.5 Å². The summed E-state index contributed by atoms with van der Waals surface area (Å²) in [5.74, 6) is -1.53. The molecule has 0 radical (unpaired) electrons. The van der Waals surface area contributed by atoms with E-state index in [1.165, 1.54) is 0 Å². The number of benzene rings is 6. The SMILES string of the molecule is Cc1ccc(-c2ccccc2C(=O)NCCCN(CCCCCCC2(C(=O)NCC(F)(F)F)c3ccccc3-c3ccccc32)CCCCC2(C(=O)NCC(F)(F)F)c3ccccc3-c3ccccc32)cc1. The molecule has 13 heteroatoms. The summed E-state index contributed by atoms with van der Waals surface area (Å²) in [5.41, 5.74) is 6.99. The molecule has 0 heterocycles. The largest absolute Gasteiger partial charge is 0.405 e. The van der Waals surface area contributed by atoms with Crippen LogP contribution in [-0.2, 0) is 20.4 Å². The first kappa shape index (κ1) is 51.6. The Morgan fingerprint density at radius 1 is 0.444 bits per heavy atom. The lowest BCUT2D eigenvalue weighted by molar-refractivity contribution is -0.141. The molecule has 0 bridgehead atoms. The molecule has 0 aliphatic heterocycles. The minimum atomic E-state index is -4.58. The molecule has 0 fully saturated rings. The minimum Gasteiger partial charge on any atom is -0.352 e. The van der Waals surface area contributed by atoms with Gasteiger partial charge in [0, 0.05) is 12.1 Å². The van der Waals surface area contributed by atoms with E-state index < -0.39 is 48.1 Å². The predicted molar refractivity (Wildman–Crippen MR) is 270 cm³/mol. The van der Waals surface area contributed by atoms with Crippen LogP contribution in [0.3, 0.4) is 0 Å². The molecule has 6 aromatic rings. The highest BCUT2D eigenvalue weighted by Crippen LogP contribution is 2.53. The van der Waals surface area contributed by atoms with Crippen molar-refractivity contribution in [1.82, 2.24) is 20.9 Å². The van der Waals surface area contributed by atoms with Crippen molar-refractivity contribution in [3.63, 3.8) is 0 Å². The van der Waals surface area contributed by atoms with E-state index in [0.717, 1.165) is 58.2 Å². The second-order valence-electron chi connectivity index (χ2n) is 19.1. The normalized spacial score (nSPS) is 14.0. The van der Waals surface area contributed by atoms with Crippen LogP contribution in [0.5, 0.6) is 0 Å². The first-order valence-electron chi connectivity index (χ1n) is 24.9. The summed E-state index contributed by atoms with van der Waals surface area (Å²) in [4.78, 5) is 44.1. The molecule has 6 aromatic carbocycles. The van der Waals surface area contributed by atoms with Crippen molar-refractivity contribution < 1.29 is 40.7 Å². The number of hydrogen-bond donors (Lipinski definition) is 3. The van der Waals surface area contributed by atoms with Crippen LogP contribution < -0.4 is 16.0 Å². The number of carbonyl (C=O) groups excluding carboxylic acids is 3. The van der Waals surface area contributed by atoms with Crippen molar-refractivity contribution in [3.05, 3.63) is 179 Å². The first-order chi connectivity index (χ1) is 34.6. The highest BCUT2D eigenvalue weighted by atomic mass is 19.4. The third-order valence-electron chi connectivity index (χ3n) is 14.3. The van der Waals surface area contributed by atoms with Gasteiger partial charge in [-0.15, -0.1) is 0 Å². The predicted octanol–water partition coefficient (Wildman–Crippen LogP) is 12.5. The van der Waals surface area contributed by atoms with Gasteiger partial charge in [0.05, 0.1) is 0 Å². The lowest BCUT2D eigenvalue weighted by Gasteiger charge is -2.32. The summed E-state index contributed by atoms with van der Waals surface area (Å²) in [5, 5.41) is 7.55. The van der Waals surface area contributed by atoms with Crippen LogP contribution in [0, 0.1) is 6.92 Å². The third kappa shape index (κ3) is 11.3. The van der Waals surface area contributed by atoms with Gasteiger partial charge in [-0.1, -0.05) is 171 Å². The monoisotopic (exact) mass is 986 g/mol. The van der Waals surface area contributed by atoms with E-state index in [9.17, 15) is 40.7 Å².